The van der Waals surface area contributed by atoms with Gasteiger partial charge in [-0.1, -0.05) is 26.0 Å². The lowest BCUT2D eigenvalue weighted by Crippen LogP contribution is -2.46. The molecule has 3 aromatic rings. The highest BCUT2D eigenvalue weighted by Crippen LogP contribution is 2.42. The summed E-state index contributed by atoms with van der Waals surface area (Å²) in [6, 6.07) is 14.5. The van der Waals surface area contributed by atoms with Crippen molar-refractivity contribution in [3.05, 3.63) is 53.4 Å². The number of anilines is 2. The second-order valence-corrected chi connectivity index (χ2v) is 11.5. The van der Waals surface area contributed by atoms with Gasteiger partial charge >= 0.3 is 6.16 Å². The van der Waals surface area contributed by atoms with Gasteiger partial charge < -0.3 is 19.5 Å². The fraction of sp³-hybridized carbons (Fsp3) is 0.448. The highest BCUT2D eigenvalue weighted by Gasteiger charge is 2.37. The number of ether oxygens (including phenoxy) is 2. The Kier molecular flexibility index (Phi) is 7.76. The Labute approximate surface area is 227 Å². The van der Waals surface area contributed by atoms with Gasteiger partial charge in [-0.2, -0.15) is 0 Å². The summed E-state index contributed by atoms with van der Waals surface area (Å²) in [7, 11) is 0. The van der Waals surface area contributed by atoms with Crippen molar-refractivity contribution < 1.29 is 24.2 Å². The third-order valence-corrected chi connectivity index (χ3v) is 8.41. The summed E-state index contributed by atoms with van der Waals surface area (Å²) in [4.78, 5) is 30.0. The van der Waals surface area contributed by atoms with E-state index < -0.39 is 6.16 Å². The first-order chi connectivity index (χ1) is 18.3. The SMILES string of the molecule is CC1(C)CC(=O)N(COC(=O)O)c2cc(OCCCCN3CCN(c4cccc5sccc45)CC3)ccc21. The number of nitrogens with zero attached hydrogens (tertiary/aromatic N) is 3. The van der Waals surface area contributed by atoms with Gasteiger partial charge in [0.1, 0.15) is 5.75 Å². The molecule has 0 radical (unpaired) electrons. The average Bonchev–Trinajstić information content (AvgIpc) is 3.37. The highest BCUT2D eigenvalue weighted by atomic mass is 32.1. The maximum Gasteiger partial charge on any atom is 0.507 e. The molecule has 0 aliphatic carbocycles. The van der Waals surface area contributed by atoms with Gasteiger partial charge in [0.25, 0.3) is 0 Å². The number of amides is 1. The van der Waals surface area contributed by atoms with E-state index in [1.54, 1.807) is 11.3 Å². The molecule has 3 heterocycles. The monoisotopic (exact) mass is 537 g/mol. The number of rotatable bonds is 9. The van der Waals surface area contributed by atoms with Crippen molar-refractivity contribution in [2.75, 3.05) is 55.9 Å². The number of fused-ring (bicyclic) bond motifs is 2. The van der Waals surface area contributed by atoms with Crippen LogP contribution in [0.3, 0.4) is 0 Å². The third kappa shape index (κ3) is 5.73. The maximum atomic E-state index is 12.7. The minimum Gasteiger partial charge on any atom is -0.494 e. The normalized spacial score (nSPS) is 17.5. The van der Waals surface area contributed by atoms with Crippen molar-refractivity contribution in [3.8, 4) is 5.75 Å². The Morgan fingerprint density at radius 1 is 1.05 bits per heavy atom. The Balaban J connectivity index is 1.09. The third-order valence-electron chi connectivity index (χ3n) is 7.52. The number of unbranched alkanes of at least 4 members (excludes halogenated alkanes) is 1. The molecule has 2 aliphatic heterocycles. The minimum absolute atomic E-state index is 0.159. The van der Waals surface area contributed by atoms with Gasteiger partial charge in [-0.05, 0) is 54.6 Å². The van der Waals surface area contributed by atoms with Gasteiger partial charge in [0.05, 0.1) is 12.3 Å². The van der Waals surface area contributed by atoms with Gasteiger partial charge in [0.2, 0.25) is 5.91 Å². The molecule has 1 N–H and O–H groups in total. The van der Waals surface area contributed by atoms with Crippen LogP contribution >= 0.6 is 11.3 Å². The van der Waals surface area contributed by atoms with Crippen LogP contribution in [0.25, 0.3) is 10.1 Å². The summed E-state index contributed by atoms with van der Waals surface area (Å²) in [6.45, 7) is 9.54. The average molecular weight is 538 g/mol. The molecule has 1 aromatic heterocycles. The lowest BCUT2D eigenvalue weighted by molar-refractivity contribution is -0.121. The van der Waals surface area contributed by atoms with Crippen LogP contribution in [0.15, 0.2) is 47.8 Å². The van der Waals surface area contributed by atoms with Gasteiger partial charge in [-0.25, -0.2) is 4.79 Å². The van der Waals surface area contributed by atoms with Crippen LogP contribution in [0.4, 0.5) is 16.2 Å². The van der Waals surface area contributed by atoms with E-state index in [1.807, 2.05) is 32.0 Å². The molecule has 202 valence electrons. The molecule has 0 unspecified atom stereocenters. The van der Waals surface area contributed by atoms with E-state index in [-0.39, 0.29) is 18.1 Å². The standard InChI is InChI=1S/C29H35N3O5S/c1-29(2)19-27(33)32(20-37-28(34)35)25-18-21(8-9-23(25)29)36-16-4-3-11-30-12-14-31(15-13-30)24-6-5-7-26-22(24)10-17-38-26/h5-10,17-18H,3-4,11-16,19-20H2,1-2H3,(H,34,35). The number of carbonyl (C=O) groups excluding carboxylic acids is 1. The van der Waals surface area contributed by atoms with Crippen molar-refractivity contribution >= 4 is 44.9 Å². The first-order valence-electron chi connectivity index (χ1n) is 13.2. The van der Waals surface area contributed by atoms with E-state index in [9.17, 15) is 9.59 Å². The van der Waals surface area contributed by atoms with Crippen molar-refractivity contribution in [2.24, 2.45) is 0 Å². The molecule has 2 aromatic carbocycles. The van der Waals surface area contributed by atoms with Crippen LogP contribution in [-0.4, -0.2) is 68.1 Å². The van der Waals surface area contributed by atoms with E-state index in [2.05, 4.69) is 39.4 Å². The molecule has 2 aliphatic rings. The quantitative estimate of drug-likeness (QED) is 0.283. The number of benzene rings is 2. The number of carboxylic acid groups (broad SMARTS) is 1. The predicted molar refractivity (Wildman–Crippen MR) is 151 cm³/mol. The highest BCUT2D eigenvalue weighted by molar-refractivity contribution is 7.17. The van der Waals surface area contributed by atoms with Gasteiger partial charge in [-0.15, -0.1) is 11.3 Å². The molecule has 8 nitrogen and oxygen atoms in total. The molecule has 0 bridgehead atoms. The molecule has 1 saturated heterocycles. The summed E-state index contributed by atoms with van der Waals surface area (Å²) in [5.41, 5.74) is 2.64. The zero-order chi connectivity index (χ0) is 26.7. The Morgan fingerprint density at radius 2 is 1.87 bits per heavy atom. The number of hydrogen-bond acceptors (Lipinski definition) is 7. The molecule has 38 heavy (non-hydrogen) atoms. The molecule has 0 saturated carbocycles. The minimum atomic E-state index is -1.40. The van der Waals surface area contributed by atoms with Crippen molar-refractivity contribution in [1.29, 1.82) is 0 Å². The van der Waals surface area contributed by atoms with E-state index in [4.69, 9.17) is 14.6 Å². The molecule has 5 rings (SSSR count). The Bertz CT molecular complexity index is 1300. The Hall–Kier alpha value is -3.30. The molecular weight excluding hydrogens is 502 g/mol. The zero-order valence-electron chi connectivity index (χ0n) is 22.0. The van der Waals surface area contributed by atoms with E-state index in [0.717, 1.165) is 51.1 Å². The van der Waals surface area contributed by atoms with Crippen LogP contribution in [0, 0.1) is 0 Å². The van der Waals surface area contributed by atoms with E-state index in [1.165, 1.54) is 20.7 Å². The number of piperazine rings is 1. The number of hydrogen-bond donors (Lipinski definition) is 1. The van der Waals surface area contributed by atoms with Gasteiger partial charge in [-0.3, -0.25) is 14.6 Å². The largest absolute Gasteiger partial charge is 0.507 e. The van der Waals surface area contributed by atoms with Crippen LogP contribution < -0.4 is 14.5 Å². The Morgan fingerprint density at radius 3 is 2.66 bits per heavy atom. The summed E-state index contributed by atoms with van der Waals surface area (Å²) in [5.74, 6) is 0.513. The van der Waals surface area contributed by atoms with Gasteiger partial charge in [0, 0.05) is 59.9 Å². The van der Waals surface area contributed by atoms with Crippen LogP contribution in [-0.2, 0) is 14.9 Å². The van der Waals surface area contributed by atoms with E-state index in [0.29, 0.717) is 24.5 Å². The summed E-state index contributed by atoms with van der Waals surface area (Å²) < 4.78 is 12.1. The van der Waals surface area contributed by atoms with Crippen molar-refractivity contribution in [3.63, 3.8) is 0 Å². The number of carbonyl (C=O) groups is 2. The number of thiophene rings is 1. The van der Waals surface area contributed by atoms with Crippen LogP contribution in [0.1, 0.15) is 38.7 Å². The topological polar surface area (TPSA) is 82.5 Å². The zero-order valence-corrected chi connectivity index (χ0v) is 22.8. The van der Waals surface area contributed by atoms with Crippen LogP contribution in [0.2, 0.25) is 0 Å². The molecule has 1 fully saturated rings. The predicted octanol–water partition coefficient (Wildman–Crippen LogP) is 5.55. The first kappa shape index (κ1) is 26.3. The van der Waals surface area contributed by atoms with Crippen molar-refractivity contribution in [2.45, 2.75) is 38.5 Å². The first-order valence-corrected chi connectivity index (χ1v) is 14.1. The second kappa shape index (κ2) is 11.2. The fourth-order valence-electron chi connectivity index (χ4n) is 5.45. The van der Waals surface area contributed by atoms with Gasteiger partial charge in [0.15, 0.2) is 6.73 Å². The lowest BCUT2D eigenvalue weighted by atomic mass is 9.77. The molecular formula is C29H35N3O5S. The summed E-state index contributed by atoms with van der Waals surface area (Å²) >= 11 is 1.80. The molecule has 1 amide bonds. The molecule has 0 atom stereocenters. The maximum absolute atomic E-state index is 12.7. The second-order valence-electron chi connectivity index (χ2n) is 10.6. The fourth-order valence-corrected chi connectivity index (χ4v) is 6.26. The molecule has 9 heteroatoms. The summed E-state index contributed by atoms with van der Waals surface area (Å²) in [5, 5.41) is 12.4. The summed E-state index contributed by atoms with van der Waals surface area (Å²) in [6.07, 6.45) is 0.871. The smallest absolute Gasteiger partial charge is 0.494 e. The molecule has 0 spiro atoms. The lowest BCUT2D eigenvalue weighted by Gasteiger charge is -2.38. The van der Waals surface area contributed by atoms with Crippen molar-refractivity contribution in [1.82, 2.24) is 4.90 Å². The van der Waals surface area contributed by atoms with Crippen LogP contribution in [0.5, 0.6) is 5.75 Å². The van der Waals surface area contributed by atoms with E-state index >= 15 is 0 Å².